The molecular weight excluding hydrogens is 589 g/mol. The Bertz CT molecular complexity index is 1470. The molecule has 1 aliphatic heterocycles. The van der Waals surface area contributed by atoms with Crippen LogP contribution in [0.3, 0.4) is 0 Å². The Balaban J connectivity index is 1.26. The fourth-order valence-corrected chi connectivity index (χ4v) is 9.27. The van der Waals surface area contributed by atoms with Crippen molar-refractivity contribution in [3.05, 3.63) is 59.2 Å². The third kappa shape index (κ3) is 4.76. The number of fused-ring (bicyclic) bond motifs is 7. The number of hydrogen-bond donors (Lipinski definition) is 3. The van der Waals surface area contributed by atoms with Gasteiger partial charge in [-0.15, -0.1) is 0 Å². The molecule has 1 unspecified atom stereocenters. The second-order valence-electron chi connectivity index (χ2n) is 13.9. The van der Waals surface area contributed by atoms with E-state index in [1.807, 2.05) is 6.92 Å². The van der Waals surface area contributed by atoms with Gasteiger partial charge < -0.3 is 19.3 Å². The standard InChI is InChI=1S/C33H40FNO10/c1-29(2)44-27-15-24-23-10-9-21-14-22(36)11-12-30(21,3)32(23,34)25(37)16-31(24,4)33(27,45-29)26(38)18-42-28(39)13-19-7-5-6-8-20(19)17-43-35(40)41/h5-8,11-12,14,23-25,27,37,40-41H,9-10,13,15-18H2,1-4H3/t23?,24-,25-,27+,30-,31-,32-,33+/m0/s1. The molecule has 0 amide bonds. The number of nitrogens with zero attached hydrogens (tertiary/aromatic N) is 1. The van der Waals surface area contributed by atoms with Gasteiger partial charge in [-0.1, -0.05) is 42.8 Å². The quantitative estimate of drug-likeness (QED) is 0.285. The normalized spacial score (nSPS) is 39.5. The number of benzene rings is 1. The molecule has 1 aromatic rings. The number of esters is 1. The number of halogens is 1. The van der Waals surface area contributed by atoms with Crippen molar-refractivity contribution < 1.29 is 53.3 Å². The van der Waals surface area contributed by atoms with Gasteiger partial charge in [0.05, 0.1) is 30.6 Å². The van der Waals surface area contributed by atoms with Crippen molar-refractivity contribution >= 4 is 17.5 Å². The first-order valence-electron chi connectivity index (χ1n) is 15.3. The lowest BCUT2D eigenvalue weighted by molar-refractivity contribution is -0.497. The summed E-state index contributed by atoms with van der Waals surface area (Å²) in [6.45, 7) is 6.15. The van der Waals surface area contributed by atoms with Crippen LogP contribution in [0.1, 0.15) is 64.5 Å². The van der Waals surface area contributed by atoms with E-state index in [0.717, 1.165) is 0 Å². The van der Waals surface area contributed by atoms with Gasteiger partial charge in [0.25, 0.3) is 0 Å². The average molecular weight is 630 g/mol. The number of rotatable bonds is 8. The number of aliphatic hydroxyl groups is 1. The zero-order valence-corrected chi connectivity index (χ0v) is 25.8. The van der Waals surface area contributed by atoms with Gasteiger partial charge >= 0.3 is 5.97 Å². The molecule has 8 atom stereocenters. The number of hydrogen-bond acceptors (Lipinski definition) is 11. The molecule has 5 aliphatic rings. The summed E-state index contributed by atoms with van der Waals surface area (Å²) in [5.41, 5.74) is -4.22. The van der Waals surface area contributed by atoms with Gasteiger partial charge in [-0.2, -0.15) is 0 Å². The first-order chi connectivity index (χ1) is 21.1. The van der Waals surface area contributed by atoms with Crippen molar-refractivity contribution in [1.82, 2.24) is 5.39 Å². The monoisotopic (exact) mass is 629 g/mol. The summed E-state index contributed by atoms with van der Waals surface area (Å²) in [6.07, 6.45) is 3.10. The van der Waals surface area contributed by atoms with E-state index in [0.29, 0.717) is 36.0 Å². The molecule has 0 radical (unpaired) electrons. The molecule has 6 rings (SSSR count). The highest BCUT2D eigenvalue weighted by atomic mass is 19.1. The molecule has 244 valence electrons. The van der Waals surface area contributed by atoms with E-state index >= 15 is 4.39 Å². The van der Waals surface area contributed by atoms with Gasteiger partial charge in [-0.05, 0) is 75.7 Å². The zero-order valence-electron chi connectivity index (χ0n) is 25.8. The minimum Gasteiger partial charge on any atom is -0.457 e. The molecule has 3 N–H and O–H groups in total. The fraction of sp³-hybridized carbons (Fsp3) is 0.606. The summed E-state index contributed by atoms with van der Waals surface area (Å²) >= 11 is 0. The van der Waals surface area contributed by atoms with Gasteiger partial charge in [-0.3, -0.25) is 24.8 Å². The molecule has 4 aliphatic carbocycles. The predicted molar refractivity (Wildman–Crippen MR) is 153 cm³/mol. The fourth-order valence-electron chi connectivity index (χ4n) is 9.27. The highest BCUT2D eigenvalue weighted by Gasteiger charge is 2.80. The first-order valence-corrected chi connectivity index (χ1v) is 15.3. The maximum atomic E-state index is 17.6. The summed E-state index contributed by atoms with van der Waals surface area (Å²) in [4.78, 5) is 44.1. The Morgan fingerprint density at radius 2 is 1.82 bits per heavy atom. The number of Topliss-reactive ketones (excluding diaryl/α,β-unsaturated/α-hetero) is 1. The van der Waals surface area contributed by atoms with Crippen molar-refractivity contribution in [2.45, 2.75) is 95.7 Å². The number of aliphatic hydroxyl groups excluding tert-OH is 1. The van der Waals surface area contributed by atoms with E-state index in [9.17, 15) is 19.5 Å². The second kappa shape index (κ2) is 10.9. The minimum atomic E-state index is -2.08. The number of carbonyl (C=O) groups excluding carboxylic acids is 3. The van der Waals surface area contributed by atoms with Gasteiger partial charge in [0.15, 0.2) is 29.4 Å². The third-order valence-electron chi connectivity index (χ3n) is 11.2. The van der Waals surface area contributed by atoms with E-state index in [1.165, 1.54) is 12.2 Å². The van der Waals surface area contributed by atoms with Crippen LogP contribution in [0.5, 0.6) is 0 Å². The minimum absolute atomic E-state index is 0.0922. The van der Waals surface area contributed by atoms with Crippen LogP contribution in [-0.4, -0.2) is 74.3 Å². The zero-order chi connectivity index (χ0) is 32.6. The highest BCUT2D eigenvalue weighted by Crippen LogP contribution is 2.72. The van der Waals surface area contributed by atoms with Crippen LogP contribution in [0.25, 0.3) is 0 Å². The number of allylic oxidation sites excluding steroid dienone is 4. The van der Waals surface area contributed by atoms with Crippen molar-refractivity contribution in [2.24, 2.45) is 22.7 Å². The lowest BCUT2D eigenvalue weighted by Crippen LogP contribution is -2.70. The second-order valence-corrected chi connectivity index (χ2v) is 13.9. The number of ether oxygens (including phenoxy) is 3. The van der Waals surface area contributed by atoms with Crippen molar-refractivity contribution in [3.63, 3.8) is 0 Å². The van der Waals surface area contributed by atoms with Gasteiger partial charge in [0, 0.05) is 16.7 Å². The summed E-state index contributed by atoms with van der Waals surface area (Å²) in [6, 6.07) is 6.71. The van der Waals surface area contributed by atoms with Crippen LogP contribution in [0, 0.1) is 22.7 Å². The van der Waals surface area contributed by atoms with E-state index < -0.39 is 75.7 Å². The predicted octanol–water partition coefficient (Wildman–Crippen LogP) is 3.72. The van der Waals surface area contributed by atoms with Crippen LogP contribution in [0.15, 0.2) is 48.1 Å². The van der Waals surface area contributed by atoms with E-state index in [-0.39, 0.29) is 25.2 Å². The average Bonchev–Trinajstić information content (AvgIpc) is 3.38. The van der Waals surface area contributed by atoms with Crippen molar-refractivity contribution in [2.75, 3.05) is 6.61 Å². The number of ketones is 2. The van der Waals surface area contributed by atoms with Crippen molar-refractivity contribution in [1.29, 1.82) is 0 Å². The Labute approximate surface area is 260 Å². The van der Waals surface area contributed by atoms with Crippen molar-refractivity contribution in [3.8, 4) is 0 Å². The highest BCUT2D eigenvalue weighted by molar-refractivity contribution is 6.01. The summed E-state index contributed by atoms with van der Waals surface area (Å²) < 4.78 is 35.9. The Kier molecular flexibility index (Phi) is 7.76. The van der Waals surface area contributed by atoms with Crippen LogP contribution in [-0.2, 0) is 46.5 Å². The molecule has 11 nitrogen and oxygen atoms in total. The summed E-state index contributed by atoms with van der Waals surface area (Å²) in [7, 11) is 0. The van der Waals surface area contributed by atoms with Gasteiger partial charge in [-0.25, -0.2) is 9.23 Å². The summed E-state index contributed by atoms with van der Waals surface area (Å²) in [5, 5.41) is 29.1. The van der Waals surface area contributed by atoms with Crippen LogP contribution >= 0.6 is 0 Å². The summed E-state index contributed by atoms with van der Waals surface area (Å²) in [5.74, 6) is -3.62. The first kappa shape index (κ1) is 32.1. The SMILES string of the molecule is CC1(C)O[C@@H]2C[C@H]3C4CCC5=CC(=O)C=C[C@]5(C)[C@@]4(F)[C@@H](O)C[C@]3(C)[C@]2(C(=O)COC(=O)Cc2ccccc2CON(O)O)O1. The largest absolute Gasteiger partial charge is 0.457 e. The van der Waals surface area contributed by atoms with E-state index in [4.69, 9.17) is 24.6 Å². The van der Waals surface area contributed by atoms with Crippen LogP contribution < -0.4 is 0 Å². The lowest BCUT2D eigenvalue weighted by Gasteiger charge is -2.62. The Morgan fingerprint density at radius 1 is 1.11 bits per heavy atom. The molecule has 0 spiro atoms. The van der Waals surface area contributed by atoms with Gasteiger partial charge in [0.2, 0.25) is 5.78 Å². The molecule has 45 heavy (non-hydrogen) atoms. The van der Waals surface area contributed by atoms with E-state index in [2.05, 4.69) is 4.84 Å². The number of alkyl halides is 1. The maximum Gasteiger partial charge on any atom is 0.310 e. The topological polar surface area (TPSA) is 152 Å². The molecular formula is C33H40FNO10. The Morgan fingerprint density at radius 3 is 2.53 bits per heavy atom. The molecule has 1 heterocycles. The van der Waals surface area contributed by atoms with E-state index in [1.54, 1.807) is 51.1 Å². The van der Waals surface area contributed by atoms with Gasteiger partial charge in [0.1, 0.15) is 0 Å². The molecule has 12 heteroatoms. The maximum absolute atomic E-state index is 17.6. The molecule has 4 fully saturated rings. The molecule has 1 aromatic carbocycles. The third-order valence-corrected chi connectivity index (χ3v) is 11.2. The van der Waals surface area contributed by atoms with Crippen LogP contribution in [0.4, 0.5) is 4.39 Å². The molecule has 0 aromatic heterocycles. The Hall–Kier alpha value is -2.84. The molecule has 1 saturated heterocycles. The number of carbonyl (C=O) groups is 3. The smallest absolute Gasteiger partial charge is 0.310 e. The molecule has 3 saturated carbocycles. The van der Waals surface area contributed by atoms with Crippen LogP contribution in [0.2, 0.25) is 0 Å². The molecule has 0 bridgehead atoms. The lowest BCUT2D eigenvalue weighted by atomic mass is 9.44.